The van der Waals surface area contributed by atoms with E-state index in [0.29, 0.717) is 30.8 Å². The number of rotatable bonds is 6. The van der Waals surface area contributed by atoms with E-state index in [-0.39, 0.29) is 17.6 Å². The number of hydrogen-bond acceptors (Lipinski definition) is 4. The van der Waals surface area contributed by atoms with Crippen molar-refractivity contribution in [1.29, 1.82) is 0 Å². The SMILES string of the molecule is CC(Oc1ccc2c(c1)C(c1cccc(F)c1)N(C(=O)C(C)(C)C)CC2)C(=O)NCc1ccncc1. The van der Waals surface area contributed by atoms with Crippen LogP contribution in [0.5, 0.6) is 5.75 Å². The molecule has 6 nitrogen and oxygen atoms in total. The second kappa shape index (κ2) is 10.5. The van der Waals surface area contributed by atoms with Crippen molar-refractivity contribution in [3.63, 3.8) is 0 Å². The van der Waals surface area contributed by atoms with Crippen molar-refractivity contribution in [1.82, 2.24) is 15.2 Å². The number of aromatic nitrogens is 1. The minimum atomic E-state index is -0.728. The Morgan fingerprint density at radius 1 is 1.14 bits per heavy atom. The summed E-state index contributed by atoms with van der Waals surface area (Å²) in [6.07, 6.45) is 3.31. The molecule has 7 heteroatoms. The zero-order chi connectivity index (χ0) is 25.9. The lowest BCUT2D eigenvalue weighted by molar-refractivity contribution is -0.141. The van der Waals surface area contributed by atoms with Crippen LogP contribution in [-0.4, -0.2) is 34.3 Å². The van der Waals surface area contributed by atoms with Crippen molar-refractivity contribution in [3.05, 3.63) is 95.1 Å². The molecule has 0 fully saturated rings. The first-order valence-electron chi connectivity index (χ1n) is 12.2. The van der Waals surface area contributed by atoms with Crippen LogP contribution in [0.25, 0.3) is 0 Å². The highest BCUT2D eigenvalue weighted by molar-refractivity contribution is 5.83. The van der Waals surface area contributed by atoms with Gasteiger partial charge in [0, 0.05) is 30.9 Å². The van der Waals surface area contributed by atoms with Crippen molar-refractivity contribution in [3.8, 4) is 5.75 Å². The normalized spacial score (nSPS) is 16.1. The van der Waals surface area contributed by atoms with Crippen molar-refractivity contribution in [2.24, 2.45) is 5.41 Å². The third-order valence-corrected chi connectivity index (χ3v) is 6.31. The molecule has 2 aromatic carbocycles. The van der Waals surface area contributed by atoms with Crippen LogP contribution in [0.4, 0.5) is 4.39 Å². The van der Waals surface area contributed by atoms with Crippen molar-refractivity contribution in [2.45, 2.75) is 52.8 Å². The van der Waals surface area contributed by atoms with E-state index in [4.69, 9.17) is 4.74 Å². The van der Waals surface area contributed by atoms with Gasteiger partial charge in [-0.1, -0.05) is 39.0 Å². The number of halogens is 1. The summed E-state index contributed by atoms with van der Waals surface area (Å²) in [5, 5.41) is 2.87. The zero-order valence-corrected chi connectivity index (χ0v) is 21.1. The van der Waals surface area contributed by atoms with Gasteiger partial charge in [0.05, 0.1) is 6.04 Å². The van der Waals surface area contributed by atoms with Crippen LogP contribution < -0.4 is 10.1 Å². The van der Waals surface area contributed by atoms with Gasteiger partial charge in [-0.15, -0.1) is 0 Å². The Bertz CT molecular complexity index is 1240. The third-order valence-electron chi connectivity index (χ3n) is 6.31. The van der Waals surface area contributed by atoms with Gasteiger partial charge in [0.2, 0.25) is 5.91 Å². The molecule has 2 heterocycles. The Morgan fingerprint density at radius 3 is 2.58 bits per heavy atom. The average Bonchev–Trinajstić information content (AvgIpc) is 2.86. The molecule has 0 saturated heterocycles. The molecule has 2 atom stereocenters. The first-order chi connectivity index (χ1) is 17.1. The molecule has 2 amide bonds. The standard InChI is InChI=1S/C29H32FN3O3/c1-19(27(34)32-18-20-10-13-31-14-11-20)36-24-9-8-21-12-15-33(28(35)29(2,3)4)26(25(21)17-24)22-6-5-7-23(30)16-22/h5-11,13-14,16-17,19,26H,12,15,18H2,1-4H3,(H,32,34). The second-order valence-corrected chi connectivity index (χ2v) is 10.2. The van der Waals surface area contributed by atoms with Gasteiger partial charge in [0.25, 0.3) is 5.91 Å². The molecule has 1 aromatic heterocycles. The highest BCUT2D eigenvalue weighted by Gasteiger charge is 2.37. The molecule has 3 aromatic rings. The van der Waals surface area contributed by atoms with Gasteiger partial charge in [-0.2, -0.15) is 0 Å². The lowest BCUT2D eigenvalue weighted by atomic mass is 9.85. The van der Waals surface area contributed by atoms with E-state index >= 15 is 0 Å². The van der Waals surface area contributed by atoms with Gasteiger partial charge in [0.15, 0.2) is 6.10 Å². The van der Waals surface area contributed by atoms with Crippen molar-refractivity contribution < 1.29 is 18.7 Å². The number of benzene rings is 2. The molecule has 0 saturated carbocycles. The lowest BCUT2D eigenvalue weighted by Gasteiger charge is -2.41. The minimum Gasteiger partial charge on any atom is -0.481 e. The fraction of sp³-hybridized carbons (Fsp3) is 0.345. The number of carbonyl (C=O) groups excluding carboxylic acids is 2. The number of hydrogen-bond donors (Lipinski definition) is 1. The van der Waals surface area contributed by atoms with Crippen LogP contribution in [0.1, 0.15) is 56.0 Å². The van der Waals surface area contributed by atoms with E-state index in [1.165, 1.54) is 12.1 Å². The first kappa shape index (κ1) is 25.4. The zero-order valence-electron chi connectivity index (χ0n) is 21.1. The maximum atomic E-state index is 14.2. The Hall–Kier alpha value is -3.74. The summed E-state index contributed by atoms with van der Waals surface area (Å²) in [4.78, 5) is 31.8. The Balaban J connectivity index is 1.59. The Labute approximate surface area is 211 Å². The molecule has 1 N–H and O–H groups in total. The van der Waals surface area contributed by atoms with Crippen LogP contribution >= 0.6 is 0 Å². The summed E-state index contributed by atoms with van der Waals surface area (Å²) in [7, 11) is 0. The summed E-state index contributed by atoms with van der Waals surface area (Å²) in [5.41, 5.74) is 3.02. The topological polar surface area (TPSA) is 71.5 Å². The largest absolute Gasteiger partial charge is 0.481 e. The molecule has 0 radical (unpaired) electrons. The second-order valence-electron chi connectivity index (χ2n) is 10.2. The number of nitrogens with one attached hydrogen (secondary N) is 1. The summed E-state index contributed by atoms with van der Waals surface area (Å²) in [6.45, 7) is 8.28. The summed E-state index contributed by atoms with van der Waals surface area (Å²) < 4.78 is 20.2. The summed E-state index contributed by atoms with van der Waals surface area (Å²) >= 11 is 0. The smallest absolute Gasteiger partial charge is 0.261 e. The number of amides is 2. The predicted molar refractivity (Wildman–Crippen MR) is 136 cm³/mol. The molecule has 0 aliphatic carbocycles. The van der Waals surface area contributed by atoms with Gasteiger partial charge in [-0.25, -0.2) is 4.39 Å². The Morgan fingerprint density at radius 2 is 1.89 bits per heavy atom. The first-order valence-corrected chi connectivity index (χ1v) is 12.2. The minimum absolute atomic E-state index is 0.00223. The van der Waals surface area contributed by atoms with Crippen molar-refractivity contribution in [2.75, 3.05) is 6.54 Å². The predicted octanol–water partition coefficient (Wildman–Crippen LogP) is 4.82. The quantitative estimate of drug-likeness (QED) is 0.539. The van der Waals surface area contributed by atoms with E-state index < -0.39 is 17.6 Å². The van der Waals surface area contributed by atoms with Gasteiger partial charge in [-0.05, 0) is 72.0 Å². The number of nitrogens with zero attached hydrogens (tertiary/aromatic N) is 2. The molecule has 188 valence electrons. The molecule has 1 aliphatic heterocycles. The van der Waals surface area contributed by atoms with Gasteiger partial charge < -0.3 is 15.0 Å². The summed E-state index contributed by atoms with van der Waals surface area (Å²) in [6, 6.07) is 15.3. The third kappa shape index (κ3) is 5.73. The van der Waals surface area contributed by atoms with Crippen LogP contribution in [0.15, 0.2) is 67.0 Å². The van der Waals surface area contributed by atoms with Gasteiger partial charge in [0.1, 0.15) is 11.6 Å². The van der Waals surface area contributed by atoms with E-state index in [9.17, 15) is 14.0 Å². The molecular formula is C29H32FN3O3. The maximum Gasteiger partial charge on any atom is 0.261 e. The fourth-order valence-corrected chi connectivity index (χ4v) is 4.44. The number of carbonyl (C=O) groups is 2. The van der Waals surface area contributed by atoms with Gasteiger partial charge >= 0.3 is 0 Å². The van der Waals surface area contributed by atoms with E-state index in [0.717, 1.165) is 16.7 Å². The molecule has 2 unspecified atom stereocenters. The van der Waals surface area contributed by atoms with E-state index in [1.54, 1.807) is 25.4 Å². The van der Waals surface area contributed by atoms with Crippen molar-refractivity contribution >= 4 is 11.8 Å². The molecule has 0 bridgehead atoms. The monoisotopic (exact) mass is 489 g/mol. The highest BCUT2D eigenvalue weighted by Crippen LogP contribution is 2.39. The van der Waals surface area contributed by atoms with Crippen LogP contribution in [0.3, 0.4) is 0 Å². The lowest BCUT2D eigenvalue weighted by Crippen LogP contribution is -2.45. The average molecular weight is 490 g/mol. The number of fused-ring (bicyclic) bond motifs is 1. The number of ether oxygens (including phenoxy) is 1. The van der Waals surface area contributed by atoms with E-state index in [1.807, 2.05) is 62.1 Å². The van der Waals surface area contributed by atoms with Gasteiger partial charge in [-0.3, -0.25) is 14.6 Å². The molecule has 4 rings (SSSR count). The van der Waals surface area contributed by atoms with Crippen LogP contribution in [0.2, 0.25) is 0 Å². The van der Waals surface area contributed by atoms with Crippen LogP contribution in [0, 0.1) is 11.2 Å². The fourth-order valence-electron chi connectivity index (χ4n) is 4.44. The number of pyridine rings is 1. The van der Waals surface area contributed by atoms with E-state index in [2.05, 4.69) is 10.3 Å². The molecular weight excluding hydrogens is 457 g/mol. The highest BCUT2D eigenvalue weighted by atomic mass is 19.1. The van der Waals surface area contributed by atoms with Crippen LogP contribution in [-0.2, 0) is 22.6 Å². The Kier molecular flexibility index (Phi) is 7.38. The molecule has 0 spiro atoms. The molecule has 36 heavy (non-hydrogen) atoms. The maximum absolute atomic E-state index is 14.2. The summed E-state index contributed by atoms with van der Waals surface area (Å²) in [5.74, 6) is -0.0743. The molecule has 1 aliphatic rings.